The Labute approximate surface area is 158 Å². The fourth-order valence-electron chi connectivity index (χ4n) is 2.06. The minimum Gasteiger partial charge on any atom is -0.275 e. The van der Waals surface area contributed by atoms with Gasteiger partial charge in [0, 0.05) is 5.56 Å². The van der Waals surface area contributed by atoms with Crippen LogP contribution in [0.3, 0.4) is 0 Å². The van der Waals surface area contributed by atoms with E-state index in [4.69, 9.17) is 34.8 Å². The number of nitrogens with one attached hydrogen (secondary N) is 1. The number of aromatic nitrogens is 2. The summed E-state index contributed by atoms with van der Waals surface area (Å²) in [6, 6.07) is 14.2. The Morgan fingerprint density at radius 2 is 1.76 bits per heavy atom. The van der Waals surface area contributed by atoms with Gasteiger partial charge in [0.05, 0.1) is 28.1 Å². The molecule has 1 N–H and O–H groups in total. The average molecular weight is 394 g/mol. The SMILES string of the molecule is O=c1c(Cl)c(N/N=C\c2cccc(Cl)c2Cl)cnn1-c1ccccc1. The van der Waals surface area contributed by atoms with Gasteiger partial charge in [0.15, 0.2) is 0 Å². The van der Waals surface area contributed by atoms with E-state index in [1.165, 1.54) is 17.1 Å². The molecule has 0 fully saturated rings. The summed E-state index contributed by atoms with van der Waals surface area (Å²) in [5.41, 5.74) is 3.77. The number of hydrogen-bond donors (Lipinski definition) is 1. The molecule has 1 aromatic heterocycles. The number of benzene rings is 2. The largest absolute Gasteiger partial charge is 0.292 e. The third-order valence-electron chi connectivity index (χ3n) is 3.29. The number of anilines is 1. The maximum Gasteiger partial charge on any atom is 0.292 e. The van der Waals surface area contributed by atoms with Crippen LogP contribution in [-0.4, -0.2) is 16.0 Å². The molecule has 126 valence electrons. The second-order valence-corrected chi connectivity index (χ2v) is 6.10. The van der Waals surface area contributed by atoms with Gasteiger partial charge in [-0.05, 0) is 18.2 Å². The van der Waals surface area contributed by atoms with Gasteiger partial charge in [0.2, 0.25) is 0 Å². The Balaban J connectivity index is 1.85. The van der Waals surface area contributed by atoms with Gasteiger partial charge in [0.1, 0.15) is 10.7 Å². The van der Waals surface area contributed by atoms with Gasteiger partial charge in [-0.25, -0.2) is 0 Å². The van der Waals surface area contributed by atoms with E-state index in [1.54, 1.807) is 30.3 Å². The molecule has 0 radical (unpaired) electrons. The van der Waals surface area contributed by atoms with E-state index < -0.39 is 5.56 Å². The van der Waals surface area contributed by atoms with Gasteiger partial charge in [-0.3, -0.25) is 10.2 Å². The normalized spacial score (nSPS) is 11.0. The summed E-state index contributed by atoms with van der Waals surface area (Å²) >= 11 is 18.1. The highest BCUT2D eigenvalue weighted by Crippen LogP contribution is 2.24. The van der Waals surface area contributed by atoms with Crippen LogP contribution in [0.1, 0.15) is 5.56 Å². The second kappa shape index (κ2) is 7.70. The number of hydrogen-bond acceptors (Lipinski definition) is 4. The summed E-state index contributed by atoms with van der Waals surface area (Å²) in [7, 11) is 0. The predicted molar refractivity (Wildman–Crippen MR) is 103 cm³/mol. The number of halogens is 3. The fourth-order valence-corrected chi connectivity index (χ4v) is 2.58. The summed E-state index contributed by atoms with van der Waals surface area (Å²) in [5.74, 6) is 0. The summed E-state index contributed by atoms with van der Waals surface area (Å²) in [6.07, 6.45) is 2.90. The molecule has 0 saturated heterocycles. The highest BCUT2D eigenvalue weighted by atomic mass is 35.5. The van der Waals surface area contributed by atoms with E-state index in [0.29, 0.717) is 21.3 Å². The van der Waals surface area contributed by atoms with Crippen LogP contribution in [0.5, 0.6) is 0 Å². The second-order valence-electron chi connectivity index (χ2n) is 4.94. The lowest BCUT2D eigenvalue weighted by molar-refractivity contribution is 0.808. The fraction of sp³-hybridized carbons (Fsp3) is 0. The van der Waals surface area contributed by atoms with E-state index in [2.05, 4.69) is 15.6 Å². The van der Waals surface area contributed by atoms with E-state index in [-0.39, 0.29) is 10.7 Å². The van der Waals surface area contributed by atoms with Gasteiger partial charge in [-0.2, -0.15) is 14.9 Å². The number of hydrazone groups is 1. The van der Waals surface area contributed by atoms with Crippen molar-refractivity contribution in [1.29, 1.82) is 0 Å². The molecule has 0 saturated carbocycles. The highest BCUT2D eigenvalue weighted by Gasteiger charge is 2.10. The van der Waals surface area contributed by atoms with Crippen molar-refractivity contribution in [3.05, 3.63) is 85.7 Å². The summed E-state index contributed by atoms with van der Waals surface area (Å²) in [5, 5.41) is 8.92. The first-order chi connectivity index (χ1) is 12.1. The standard InChI is InChI=1S/C17H11Cl3N4O/c18-13-8-4-5-11(15(13)19)9-21-23-14-10-22-24(17(25)16(14)20)12-6-2-1-3-7-12/h1-10,23H/b21-9-. The van der Waals surface area contributed by atoms with Crippen LogP contribution < -0.4 is 11.0 Å². The Morgan fingerprint density at radius 1 is 1.00 bits per heavy atom. The smallest absolute Gasteiger partial charge is 0.275 e. The minimum atomic E-state index is -0.450. The lowest BCUT2D eigenvalue weighted by Crippen LogP contribution is -2.22. The van der Waals surface area contributed by atoms with Crippen LogP contribution in [0.15, 0.2) is 64.6 Å². The van der Waals surface area contributed by atoms with Crippen LogP contribution in [-0.2, 0) is 0 Å². The molecule has 1 heterocycles. The van der Waals surface area contributed by atoms with Crippen molar-refractivity contribution < 1.29 is 0 Å². The lowest BCUT2D eigenvalue weighted by Gasteiger charge is -2.07. The van der Waals surface area contributed by atoms with E-state index in [9.17, 15) is 4.79 Å². The molecule has 0 bridgehead atoms. The topological polar surface area (TPSA) is 59.3 Å². The van der Waals surface area contributed by atoms with E-state index in [1.807, 2.05) is 18.2 Å². The van der Waals surface area contributed by atoms with Gasteiger partial charge in [-0.1, -0.05) is 65.1 Å². The van der Waals surface area contributed by atoms with Gasteiger partial charge >= 0.3 is 0 Å². The molecule has 0 amide bonds. The molecule has 25 heavy (non-hydrogen) atoms. The lowest BCUT2D eigenvalue weighted by atomic mass is 10.2. The first-order valence-corrected chi connectivity index (χ1v) is 8.27. The van der Waals surface area contributed by atoms with Crippen molar-refractivity contribution in [2.75, 3.05) is 5.43 Å². The average Bonchev–Trinajstić information content (AvgIpc) is 2.63. The maximum absolute atomic E-state index is 12.4. The number of rotatable bonds is 4. The van der Waals surface area contributed by atoms with Crippen LogP contribution >= 0.6 is 34.8 Å². The van der Waals surface area contributed by atoms with Gasteiger partial charge in [-0.15, -0.1) is 0 Å². The monoisotopic (exact) mass is 392 g/mol. The van der Waals surface area contributed by atoms with E-state index in [0.717, 1.165) is 0 Å². The van der Waals surface area contributed by atoms with Crippen molar-refractivity contribution in [3.8, 4) is 5.69 Å². The zero-order valence-corrected chi connectivity index (χ0v) is 14.9. The molecule has 0 atom stereocenters. The molecular weight excluding hydrogens is 383 g/mol. The van der Waals surface area contributed by atoms with Crippen LogP contribution in [0.25, 0.3) is 5.69 Å². The zero-order chi connectivity index (χ0) is 17.8. The third-order valence-corrected chi connectivity index (χ3v) is 4.49. The van der Waals surface area contributed by atoms with Crippen molar-refractivity contribution in [3.63, 3.8) is 0 Å². The molecule has 0 aliphatic rings. The highest BCUT2D eigenvalue weighted by molar-refractivity contribution is 6.43. The Morgan fingerprint density at radius 3 is 2.52 bits per heavy atom. The van der Waals surface area contributed by atoms with Crippen molar-refractivity contribution >= 4 is 46.7 Å². The molecule has 3 aromatic rings. The van der Waals surface area contributed by atoms with Crippen molar-refractivity contribution in [1.82, 2.24) is 9.78 Å². The van der Waals surface area contributed by atoms with Crippen molar-refractivity contribution in [2.24, 2.45) is 5.10 Å². The molecule has 5 nitrogen and oxygen atoms in total. The summed E-state index contributed by atoms with van der Waals surface area (Å²) in [4.78, 5) is 12.4. The molecular formula is C17H11Cl3N4O. The van der Waals surface area contributed by atoms with Crippen LogP contribution in [0, 0.1) is 0 Å². The molecule has 0 spiro atoms. The van der Waals surface area contributed by atoms with Crippen LogP contribution in [0.4, 0.5) is 5.69 Å². The molecule has 8 heteroatoms. The predicted octanol–water partition coefficient (Wildman–Crippen LogP) is 4.64. The van der Waals surface area contributed by atoms with E-state index >= 15 is 0 Å². The molecule has 0 aliphatic carbocycles. The Hall–Kier alpha value is -2.34. The molecule has 0 unspecified atom stereocenters. The first-order valence-electron chi connectivity index (χ1n) is 7.14. The number of para-hydroxylation sites is 1. The minimum absolute atomic E-state index is 0.0202. The third kappa shape index (κ3) is 3.85. The number of nitrogens with zero attached hydrogens (tertiary/aromatic N) is 3. The van der Waals surface area contributed by atoms with Gasteiger partial charge < -0.3 is 0 Å². The Kier molecular flexibility index (Phi) is 5.38. The Bertz CT molecular complexity index is 987. The van der Waals surface area contributed by atoms with Crippen molar-refractivity contribution in [2.45, 2.75) is 0 Å². The quantitative estimate of drug-likeness (QED) is 0.519. The molecule has 2 aromatic carbocycles. The molecule has 3 rings (SSSR count). The van der Waals surface area contributed by atoms with Crippen LogP contribution in [0.2, 0.25) is 15.1 Å². The first kappa shape index (κ1) is 17.5. The molecule has 0 aliphatic heterocycles. The zero-order valence-electron chi connectivity index (χ0n) is 12.7. The maximum atomic E-state index is 12.4. The summed E-state index contributed by atoms with van der Waals surface area (Å²) in [6.45, 7) is 0. The van der Waals surface area contributed by atoms with Gasteiger partial charge in [0.25, 0.3) is 5.56 Å². The summed E-state index contributed by atoms with van der Waals surface area (Å²) < 4.78 is 1.21.